The molecule has 51 heavy (non-hydrogen) atoms. The Morgan fingerprint density at radius 3 is 2.33 bits per heavy atom. The van der Waals surface area contributed by atoms with Crippen LogP contribution in [0.15, 0.2) is 90.7 Å². The molecule has 0 saturated carbocycles. The molecule has 4 aromatic rings. The Kier molecular flexibility index (Phi) is 13.8. The van der Waals surface area contributed by atoms with Crippen LogP contribution in [0, 0.1) is 0 Å². The molecule has 17 heteroatoms. The van der Waals surface area contributed by atoms with Crippen LogP contribution in [0.3, 0.4) is 0 Å². The van der Waals surface area contributed by atoms with Gasteiger partial charge >= 0.3 is 5.97 Å². The normalized spacial score (nSPS) is 17.6. The number of ether oxygens (including phenoxy) is 1. The third kappa shape index (κ3) is 9.56. The minimum absolute atomic E-state index is 0. The van der Waals surface area contributed by atoms with Gasteiger partial charge in [0.2, 0.25) is 5.91 Å². The summed E-state index contributed by atoms with van der Waals surface area (Å²) in [6, 6.07) is 14.8. The molecule has 2 aliphatic heterocycles. The molecule has 6 rings (SSSR count). The van der Waals surface area contributed by atoms with Gasteiger partial charge in [0.25, 0.3) is 5.91 Å². The summed E-state index contributed by atoms with van der Waals surface area (Å²) in [5.74, 6) is -1.61. The van der Waals surface area contributed by atoms with Crippen LogP contribution >= 0.6 is 58.2 Å². The number of fused-ring (bicyclic) bond motifs is 1. The van der Waals surface area contributed by atoms with E-state index in [0.29, 0.717) is 50.1 Å². The van der Waals surface area contributed by atoms with Crippen molar-refractivity contribution in [3.05, 3.63) is 127 Å². The number of halogens is 4. The molecule has 0 aliphatic carbocycles. The molecule has 2 aliphatic rings. The molecule has 0 spiro atoms. The van der Waals surface area contributed by atoms with Crippen molar-refractivity contribution in [2.75, 3.05) is 5.75 Å². The van der Waals surface area contributed by atoms with Gasteiger partial charge in [-0.15, -0.1) is 11.8 Å². The van der Waals surface area contributed by atoms with Gasteiger partial charge in [0.1, 0.15) is 35.0 Å². The number of nitrogens with one attached hydrogen (secondary N) is 1. The third-order valence-electron chi connectivity index (χ3n) is 7.89. The lowest BCUT2D eigenvalue weighted by atomic mass is 10.0. The second kappa shape index (κ2) is 17.6. The van der Waals surface area contributed by atoms with Crippen LogP contribution < -0.4 is 11.1 Å². The van der Waals surface area contributed by atoms with Gasteiger partial charge in [-0.2, -0.15) is 0 Å². The van der Waals surface area contributed by atoms with E-state index in [4.69, 9.17) is 56.9 Å². The Balaban J connectivity index is 0.000000224. The number of nitrogens with zero attached hydrogens (tertiary/aromatic N) is 3. The lowest BCUT2D eigenvalue weighted by molar-refractivity contribution is -0.150. The molecule has 1 aromatic heterocycles. The van der Waals surface area contributed by atoms with Crippen LogP contribution in [0.4, 0.5) is 0 Å². The summed E-state index contributed by atoms with van der Waals surface area (Å²) in [5, 5.41) is 23.0. The zero-order valence-electron chi connectivity index (χ0n) is 26.8. The van der Waals surface area contributed by atoms with Crippen molar-refractivity contribution in [3.63, 3.8) is 0 Å². The first-order valence-electron chi connectivity index (χ1n) is 15.0. The summed E-state index contributed by atoms with van der Waals surface area (Å²) in [6.07, 6.45) is 5.03. The number of carbonyl (C=O) groups excluding carboxylic acids is 2. The fraction of sp³-hybridized carbons (Fsp3) is 0.235. The van der Waals surface area contributed by atoms with Crippen molar-refractivity contribution < 1.29 is 34.8 Å². The number of aliphatic carboxylic acids is 1. The lowest BCUT2D eigenvalue weighted by Crippen LogP contribution is -2.71. The van der Waals surface area contributed by atoms with Crippen molar-refractivity contribution in [1.29, 1.82) is 0 Å². The summed E-state index contributed by atoms with van der Waals surface area (Å²) in [6.45, 7) is 2.56. The standard InChI is InChI=1S/C18H14Cl4N2O.C16H17N3O5S.H2O/c19-13-2-1-12(16(21)7-13)10-25-18(9-24-6-5-23-11-24)15-4-3-14(20)8-17(15)22;1-7-6-25-15-11(14(22)19(15)12(7)16(23)24)18-13(21)10(17)8-2-4-9(20)5-3-8;/h1-8,11,18H,9-10H2;2-5,10-11,15,20H,6,17H2,1H3,(H,18,21)(H,23,24);1H2/t;10-,11-,15-;/m.1./s1. The van der Waals surface area contributed by atoms with E-state index in [1.54, 1.807) is 43.7 Å². The quantitative estimate of drug-likeness (QED) is 0.144. The van der Waals surface area contributed by atoms with E-state index in [9.17, 15) is 24.6 Å². The van der Waals surface area contributed by atoms with Crippen molar-refractivity contribution in [1.82, 2.24) is 19.8 Å². The van der Waals surface area contributed by atoms with E-state index in [-0.39, 0.29) is 23.0 Å². The van der Waals surface area contributed by atoms with E-state index < -0.39 is 35.2 Å². The highest BCUT2D eigenvalue weighted by Crippen LogP contribution is 2.40. The van der Waals surface area contributed by atoms with Gasteiger partial charge in [0.05, 0.1) is 19.5 Å². The predicted octanol–water partition coefficient (Wildman–Crippen LogP) is 5.78. The molecule has 4 atom stereocenters. The Morgan fingerprint density at radius 1 is 1.06 bits per heavy atom. The largest absolute Gasteiger partial charge is 0.508 e. The van der Waals surface area contributed by atoms with Crippen LogP contribution in [0.25, 0.3) is 0 Å². The molecule has 3 heterocycles. The fourth-order valence-electron chi connectivity index (χ4n) is 5.27. The topological polar surface area (TPSA) is 192 Å². The number of carboxylic acids is 1. The number of phenols is 1. The molecule has 0 bridgehead atoms. The first-order chi connectivity index (χ1) is 23.8. The van der Waals surface area contributed by atoms with Gasteiger partial charge in [-0.05, 0) is 60.0 Å². The van der Waals surface area contributed by atoms with Crippen molar-refractivity contribution in [2.24, 2.45) is 5.73 Å². The number of phenolic OH excluding ortho intramolecular Hbond substituents is 1. The lowest BCUT2D eigenvalue weighted by Gasteiger charge is -2.49. The summed E-state index contributed by atoms with van der Waals surface area (Å²) in [4.78, 5) is 41.3. The molecule has 7 N–H and O–H groups in total. The minimum atomic E-state index is -1.15. The number of nitrogens with two attached hydrogens (primary N) is 1. The summed E-state index contributed by atoms with van der Waals surface area (Å²) < 4.78 is 8.05. The molecular weight excluding hydrogens is 764 g/mol. The Hall–Kier alpha value is -3.79. The SMILES string of the molecule is CC1=C(C(=O)O)N2C(=O)[C@@H](NC(=O)[C@H](N)c3ccc(O)cc3)[C@H]2SC1.Clc1ccc(COC(Cn2ccnc2)c2ccc(Cl)cc2Cl)c(Cl)c1.O. The average molecular weight is 798 g/mol. The van der Waals surface area contributed by atoms with Gasteiger partial charge in [0, 0.05) is 43.8 Å². The van der Waals surface area contributed by atoms with Gasteiger partial charge < -0.3 is 36.0 Å². The van der Waals surface area contributed by atoms with Crippen LogP contribution in [0.5, 0.6) is 5.75 Å². The van der Waals surface area contributed by atoms with Crippen molar-refractivity contribution >= 4 is 75.9 Å². The second-order valence-corrected chi connectivity index (χ2v) is 14.2. The van der Waals surface area contributed by atoms with Gasteiger partial charge in [-0.3, -0.25) is 14.5 Å². The minimum Gasteiger partial charge on any atom is -0.508 e. The summed E-state index contributed by atoms with van der Waals surface area (Å²) in [7, 11) is 0. The average Bonchev–Trinajstić information content (AvgIpc) is 3.59. The Bertz CT molecular complexity index is 1910. The number of aromatic nitrogens is 2. The molecular formula is C34H33Cl4N5O7S. The van der Waals surface area contributed by atoms with E-state index in [1.807, 2.05) is 22.9 Å². The molecule has 0 radical (unpaired) electrons. The number of imidazole rings is 1. The molecule has 1 saturated heterocycles. The van der Waals surface area contributed by atoms with Crippen LogP contribution in [-0.2, 0) is 32.3 Å². The van der Waals surface area contributed by atoms with E-state index in [1.165, 1.54) is 40.9 Å². The van der Waals surface area contributed by atoms with Gasteiger partial charge in [0.15, 0.2) is 0 Å². The maximum Gasteiger partial charge on any atom is 0.352 e. The highest BCUT2D eigenvalue weighted by atomic mass is 35.5. The zero-order chi connectivity index (χ0) is 36.1. The number of thioether (sulfide) groups is 1. The first-order valence-corrected chi connectivity index (χ1v) is 17.6. The number of carbonyl (C=O) groups is 3. The van der Waals surface area contributed by atoms with Gasteiger partial charge in [-0.1, -0.05) is 70.7 Å². The summed E-state index contributed by atoms with van der Waals surface area (Å²) in [5.41, 5.74) is 8.71. The van der Waals surface area contributed by atoms with E-state index in [0.717, 1.165) is 11.1 Å². The third-order valence-corrected chi connectivity index (χ3v) is 10.5. The van der Waals surface area contributed by atoms with Crippen molar-refractivity contribution in [3.8, 4) is 5.75 Å². The smallest absolute Gasteiger partial charge is 0.352 e. The predicted molar refractivity (Wildman–Crippen MR) is 197 cm³/mol. The zero-order valence-corrected chi connectivity index (χ0v) is 30.6. The number of amides is 2. The fourth-order valence-corrected chi connectivity index (χ4v) is 7.56. The highest BCUT2D eigenvalue weighted by Gasteiger charge is 2.54. The molecule has 3 aromatic carbocycles. The van der Waals surface area contributed by atoms with Crippen LogP contribution in [-0.4, -0.2) is 65.1 Å². The first kappa shape index (κ1) is 40.0. The number of carboxylic acid groups (broad SMARTS) is 1. The maximum atomic E-state index is 12.3. The highest BCUT2D eigenvalue weighted by molar-refractivity contribution is 8.00. The van der Waals surface area contributed by atoms with E-state index >= 15 is 0 Å². The molecule has 2 amide bonds. The number of rotatable bonds is 10. The van der Waals surface area contributed by atoms with Crippen LogP contribution in [0.2, 0.25) is 20.1 Å². The Morgan fingerprint density at radius 2 is 1.73 bits per heavy atom. The molecule has 1 unspecified atom stereocenters. The Labute approximate surface area is 317 Å². The number of benzene rings is 3. The molecule has 270 valence electrons. The monoisotopic (exact) mass is 795 g/mol. The molecule has 12 nitrogen and oxygen atoms in total. The number of aromatic hydroxyl groups is 1. The second-order valence-electron chi connectivity index (χ2n) is 11.4. The summed E-state index contributed by atoms with van der Waals surface area (Å²) >= 11 is 25.9. The number of hydrogen-bond donors (Lipinski definition) is 4. The maximum absolute atomic E-state index is 12.3. The number of β-lactam (4-membered cyclic amide) rings is 1. The van der Waals surface area contributed by atoms with Gasteiger partial charge in [-0.25, -0.2) is 9.78 Å². The van der Waals surface area contributed by atoms with Crippen molar-refractivity contribution in [2.45, 2.75) is 43.6 Å². The van der Waals surface area contributed by atoms with E-state index in [2.05, 4.69) is 10.3 Å². The number of hydrogen-bond acceptors (Lipinski definition) is 8. The van der Waals surface area contributed by atoms with Crippen LogP contribution in [0.1, 0.15) is 35.8 Å². The molecule has 1 fully saturated rings.